The van der Waals surface area contributed by atoms with Crippen LogP contribution in [0.25, 0.3) is 0 Å². The van der Waals surface area contributed by atoms with Crippen LogP contribution in [0.1, 0.15) is 55.1 Å². The average Bonchev–Trinajstić information content (AvgIpc) is 3.33. The number of guanidine groups is 1. The van der Waals surface area contributed by atoms with Gasteiger partial charge in [-0.05, 0) is 56.9 Å². The van der Waals surface area contributed by atoms with Crippen molar-refractivity contribution in [2.24, 2.45) is 4.99 Å². The highest BCUT2D eigenvalue weighted by atomic mass is 127. The maximum Gasteiger partial charge on any atom is 0.261 e. The summed E-state index contributed by atoms with van der Waals surface area (Å²) in [5, 5.41) is 8.28. The van der Waals surface area contributed by atoms with Crippen LogP contribution in [-0.4, -0.2) is 74.9 Å². The number of rotatable bonds is 9. The third-order valence-electron chi connectivity index (χ3n) is 5.50. The van der Waals surface area contributed by atoms with E-state index in [-0.39, 0.29) is 36.0 Å². The van der Waals surface area contributed by atoms with Gasteiger partial charge < -0.3 is 25.0 Å². The number of ether oxygens (including phenoxy) is 2. The van der Waals surface area contributed by atoms with Crippen molar-refractivity contribution >= 4 is 47.2 Å². The maximum atomic E-state index is 12.0. The highest BCUT2D eigenvalue weighted by Gasteiger charge is 2.23. The first-order chi connectivity index (χ1) is 14.8. The predicted octanol–water partition coefficient (Wildman–Crippen LogP) is 3.50. The van der Waals surface area contributed by atoms with Crippen molar-refractivity contribution in [1.82, 2.24) is 15.5 Å². The summed E-state index contributed by atoms with van der Waals surface area (Å²) in [5.41, 5.74) is 0. The van der Waals surface area contributed by atoms with Gasteiger partial charge in [0.05, 0.1) is 23.7 Å². The van der Waals surface area contributed by atoms with Gasteiger partial charge in [-0.3, -0.25) is 9.79 Å². The highest BCUT2D eigenvalue weighted by molar-refractivity contribution is 14.0. The van der Waals surface area contributed by atoms with Gasteiger partial charge in [0.25, 0.3) is 5.91 Å². The van der Waals surface area contributed by atoms with E-state index in [4.69, 9.17) is 14.5 Å². The number of aliphatic imine (C=N–C) groups is 1. The Morgan fingerprint density at radius 2 is 2.13 bits per heavy atom. The SMILES string of the molecule is CCNC(=NCCCNC(=O)c1cccs1)N1CCC(OCC2CCCCO2)CC1.I. The summed E-state index contributed by atoms with van der Waals surface area (Å²) in [7, 11) is 0. The van der Waals surface area contributed by atoms with Crippen molar-refractivity contribution in [2.75, 3.05) is 45.9 Å². The number of amides is 1. The maximum absolute atomic E-state index is 12.0. The van der Waals surface area contributed by atoms with E-state index in [1.165, 1.54) is 24.2 Å². The van der Waals surface area contributed by atoms with Gasteiger partial charge in [0, 0.05) is 39.3 Å². The first-order valence-corrected chi connectivity index (χ1v) is 12.2. The number of nitrogens with zero attached hydrogens (tertiary/aromatic N) is 2. The lowest BCUT2D eigenvalue weighted by Crippen LogP contribution is -2.47. The zero-order valence-corrected chi connectivity index (χ0v) is 21.7. The molecule has 1 atom stereocenters. The molecular formula is C22H37IN4O3S. The Hall–Kier alpha value is -0.910. The molecule has 3 rings (SSSR count). The van der Waals surface area contributed by atoms with E-state index in [9.17, 15) is 4.79 Å². The van der Waals surface area contributed by atoms with Crippen molar-refractivity contribution in [3.05, 3.63) is 22.4 Å². The topological polar surface area (TPSA) is 75.2 Å². The van der Waals surface area contributed by atoms with E-state index in [0.29, 0.717) is 19.2 Å². The molecule has 0 aromatic carbocycles. The number of likely N-dealkylation sites (tertiary alicyclic amines) is 1. The van der Waals surface area contributed by atoms with Crippen molar-refractivity contribution in [1.29, 1.82) is 0 Å². The summed E-state index contributed by atoms with van der Waals surface area (Å²) in [6.07, 6.45) is 7.05. The fourth-order valence-electron chi connectivity index (χ4n) is 3.80. The summed E-state index contributed by atoms with van der Waals surface area (Å²) in [4.78, 5) is 19.8. The molecule has 0 bridgehead atoms. The summed E-state index contributed by atoms with van der Waals surface area (Å²) >= 11 is 1.46. The van der Waals surface area contributed by atoms with Gasteiger partial charge in [0.2, 0.25) is 0 Å². The largest absolute Gasteiger partial charge is 0.376 e. The zero-order chi connectivity index (χ0) is 21.0. The van der Waals surface area contributed by atoms with E-state index in [1.807, 2.05) is 17.5 Å². The lowest BCUT2D eigenvalue weighted by atomic mass is 10.1. The van der Waals surface area contributed by atoms with E-state index < -0.39 is 0 Å². The summed E-state index contributed by atoms with van der Waals surface area (Å²) in [6, 6.07) is 3.74. The van der Waals surface area contributed by atoms with Crippen molar-refractivity contribution in [3.8, 4) is 0 Å². The molecule has 2 saturated heterocycles. The predicted molar refractivity (Wildman–Crippen MR) is 137 cm³/mol. The second-order valence-corrected chi connectivity index (χ2v) is 8.78. The minimum absolute atomic E-state index is 0. The van der Waals surface area contributed by atoms with Crippen LogP contribution < -0.4 is 10.6 Å². The van der Waals surface area contributed by atoms with Gasteiger partial charge in [-0.2, -0.15) is 0 Å². The third kappa shape index (κ3) is 9.23. The molecule has 31 heavy (non-hydrogen) atoms. The Bertz CT molecular complexity index is 645. The second kappa shape index (κ2) is 15.0. The molecule has 2 aliphatic rings. The number of carbonyl (C=O) groups is 1. The first-order valence-electron chi connectivity index (χ1n) is 11.3. The summed E-state index contributed by atoms with van der Waals surface area (Å²) < 4.78 is 11.9. The van der Waals surface area contributed by atoms with Crippen LogP contribution in [-0.2, 0) is 9.47 Å². The molecule has 2 fully saturated rings. The Morgan fingerprint density at radius 3 is 2.81 bits per heavy atom. The fourth-order valence-corrected chi connectivity index (χ4v) is 4.44. The van der Waals surface area contributed by atoms with Crippen LogP contribution in [0.2, 0.25) is 0 Å². The molecule has 176 valence electrons. The van der Waals surface area contributed by atoms with Crippen molar-refractivity contribution in [3.63, 3.8) is 0 Å². The molecule has 1 unspecified atom stereocenters. The second-order valence-electron chi connectivity index (χ2n) is 7.83. The Balaban J connectivity index is 0.00000341. The van der Waals surface area contributed by atoms with Crippen LogP contribution in [0.3, 0.4) is 0 Å². The number of hydrogen-bond acceptors (Lipinski definition) is 5. The van der Waals surface area contributed by atoms with Crippen LogP contribution >= 0.6 is 35.3 Å². The van der Waals surface area contributed by atoms with E-state index in [2.05, 4.69) is 22.5 Å². The minimum Gasteiger partial charge on any atom is -0.376 e. The average molecular weight is 565 g/mol. The number of carbonyl (C=O) groups excluding carboxylic acids is 1. The molecule has 2 aliphatic heterocycles. The van der Waals surface area contributed by atoms with E-state index in [1.54, 1.807) is 0 Å². The fraction of sp³-hybridized carbons (Fsp3) is 0.727. The molecule has 2 N–H and O–H groups in total. The Labute approximate surface area is 207 Å². The van der Waals surface area contributed by atoms with Gasteiger partial charge in [0.1, 0.15) is 0 Å². The Kier molecular flexibility index (Phi) is 12.8. The molecule has 0 aliphatic carbocycles. The monoisotopic (exact) mass is 564 g/mol. The molecule has 1 aromatic rings. The number of hydrogen-bond donors (Lipinski definition) is 2. The van der Waals surface area contributed by atoms with Crippen LogP contribution in [0, 0.1) is 0 Å². The van der Waals surface area contributed by atoms with Gasteiger partial charge in [-0.15, -0.1) is 35.3 Å². The molecule has 1 amide bonds. The van der Waals surface area contributed by atoms with Gasteiger partial charge in [-0.1, -0.05) is 6.07 Å². The standard InChI is InChI=1S/C22H36N4O3S.HI/c1-2-23-22(25-12-6-11-24-21(27)20-8-5-16-30-20)26-13-9-18(10-14-26)29-17-19-7-3-4-15-28-19;/h5,8,16,18-19H,2-4,6-7,9-15,17H2,1H3,(H,23,25)(H,24,27);1H. The van der Waals surface area contributed by atoms with Crippen molar-refractivity contribution < 1.29 is 14.3 Å². The molecule has 7 nitrogen and oxygen atoms in total. The molecular weight excluding hydrogens is 527 g/mol. The van der Waals surface area contributed by atoms with Gasteiger partial charge in [0.15, 0.2) is 5.96 Å². The van der Waals surface area contributed by atoms with Crippen LogP contribution in [0.5, 0.6) is 0 Å². The molecule has 0 spiro atoms. The van der Waals surface area contributed by atoms with Crippen molar-refractivity contribution in [2.45, 2.75) is 57.7 Å². The lowest BCUT2D eigenvalue weighted by Gasteiger charge is -2.35. The third-order valence-corrected chi connectivity index (χ3v) is 6.36. The number of thiophene rings is 1. The van der Waals surface area contributed by atoms with E-state index >= 15 is 0 Å². The molecule has 0 saturated carbocycles. The number of nitrogens with one attached hydrogen (secondary N) is 2. The van der Waals surface area contributed by atoms with Crippen LogP contribution in [0.15, 0.2) is 22.5 Å². The lowest BCUT2D eigenvalue weighted by molar-refractivity contribution is -0.0721. The van der Waals surface area contributed by atoms with Crippen LogP contribution in [0.4, 0.5) is 0 Å². The number of halogens is 1. The molecule has 0 radical (unpaired) electrons. The summed E-state index contributed by atoms with van der Waals surface area (Å²) in [5.74, 6) is 0.970. The highest BCUT2D eigenvalue weighted by Crippen LogP contribution is 2.18. The van der Waals surface area contributed by atoms with Gasteiger partial charge >= 0.3 is 0 Å². The molecule has 9 heteroatoms. The quantitative estimate of drug-likeness (QED) is 0.208. The molecule has 1 aromatic heterocycles. The Morgan fingerprint density at radius 1 is 1.29 bits per heavy atom. The smallest absolute Gasteiger partial charge is 0.261 e. The first kappa shape index (κ1) is 26.3. The minimum atomic E-state index is 0. The number of piperidine rings is 1. The molecule has 3 heterocycles. The van der Waals surface area contributed by atoms with E-state index in [0.717, 1.165) is 69.4 Å². The summed E-state index contributed by atoms with van der Waals surface area (Å²) in [6.45, 7) is 7.80. The normalized spacial score (nSPS) is 20.2. The zero-order valence-electron chi connectivity index (χ0n) is 18.5. The van der Waals surface area contributed by atoms with Gasteiger partial charge in [-0.25, -0.2) is 0 Å².